The van der Waals surface area contributed by atoms with Crippen LogP contribution >= 0.6 is 11.8 Å². The lowest BCUT2D eigenvalue weighted by Gasteiger charge is -2.28. The van der Waals surface area contributed by atoms with E-state index in [4.69, 9.17) is 66.2 Å². The van der Waals surface area contributed by atoms with Crippen molar-refractivity contribution in [2.75, 3.05) is 82.4 Å². The van der Waals surface area contributed by atoms with Gasteiger partial charge in [-0.3, -0.25) is 93.0 Å². The minimum Gasteiger partial charge on any atom is -0.768 e. The molecule has 0 spiro atoms. The number of allylic oxidation sites excluding steroid dienone is 7. The number of fused-ring (bicyclic) bond motifs is 2. The van der Waals surface area contributed by atoms with Gasteiger partial charge in [-0.1, -0.05) is 26.3 Å². The Labute approximate surface area is 808 Å². The van der Waals surface area contributed by atoms with Gasteiger partial charge in [0.05, 0.1) is 32.3 Å². The number of thioether (sulfide) groups is 1. The minimum atomic E-state index is -4.69. The van der Waals surface area contributed by atoms with Gasteiger partial charge in [0.2, 0.25) is 58.9 Å². The van der Waals surface area contributed by atoms with Crippen LogP contribution in [0.25, 0.3) is 0 Å². The quantitative estimate of drug-likeness (QED) is 0.00644. The van der Waals surface area contributed by atoms with Crippen LogP contribution in [0.4, 0.5) is 11.4 Å². The van der Waals surface area contributed by atoms with Crippen LogP contribution in [0.2, 0.25) is 0 Å². The van der Waals surface area contributed by atoms with Gasteiger partial charge in [0.15, 0.2) is 35.5 Å². The summed E-state index contributed by atoms with van der Waals surface area (Å²) in [5, 5.41) is 69.0. The largest absolute Gasteiger partial charge is 0.768 e. The van der Waals surface area contributed by atoms with Gasteiger partial charge in [0, 0.05) is 117 Å². The lowest BCUT2D eigenvalue weighted by molar-refractivity contribution is -0.438. The molecule has 3 aliphatic heterocycles. The van der Waals surface area contributed by atoms with E-state index in [1.54, 1.807) is 18.2 Å². The molecule has 0 saturated carbocycles. The van der Waals surface area contributed by atoms with E-state index in [-0.39, 0.29) is 168 Å². The molecule has 138 heavy (non-hydrogen) atoms. The van der Waals surface area contributed by atoms with Crippen molar-refractivity contribution < 1.29 is 100 Å². The van der Waals surface area contributed by atoms with E-state index in [0.717, 1.165) is 22.4 Å². The van der Waals surface area contributed by atoms with Crippen LogP contribution < -0.4 is 108 Å². The van der Waals surface area contributed by atoms with Gasteiger partial charge < -0.3 is 112 Å². The van der Waals surface area contributed by atoms with Crippen molar-refractivity contribution in [3.05, 3.63) is 119 Å². The first-order valence-electron chi connectivity index (χ1n) is 44.8. The third kappa shape index (κ3) is 34.8. The number of nitrogens with zero attached hydrogens (tertiary/aromatic N) is 3. The lowest BCUT2D eigenvalue weighted by Crippen LogP contribution is -2.59. The summed E-state index contributed by atoms with van der Waals surface area (Å²) >= 11 is -1.74. The predicted molar refractivity (Wildman–Crippen MR) is 518 cm³/mol. The molecule has 4 aliphatic rings. The highest BCUT2D eigenvalue weighted by molar-refractivity contribution is 8.00. The number of nitrogens with one attached hydrogen (secondary N) is 17. The molecule has 3 aromatic carbocycles. The number of likely N-dealkylation sites (tertiary alicyclic amines) is 1. The monoisotopic (exact) mass is 2020 g/mol. The number of benzene rings is 3. The number of hydrogen-bond donors (Lipinski definition) is 26. The number of imide groups is 1. The second-order valence-corrected chi connectivity index (χ2v) is 41.0. The predicted octanol–water partition coefficient (Wildman–Crippen LogP) is -0.506. The third-order valence-corrected chi connectivity index (χ3v) is 27.8. The van der Waals surface area contributed by atoms with E-state index in [2.05, 4.69) is 63.8 Å². The summed E-state index contributed by atoms with van der Waals surface area (Å²) in [5.74, 6) is -9.16. The summed E-state index contributed by atoms with van der Waals surface area (Å²) in [6.45, 7) is 8.28. The Balaban J connectivity index is 1.02. The molecule has 47 nitrogen and oxygen atoms in total. The number of hydrogen-bond acceptors (Lipinski definition) is 26. The molecule has 3 heterocycles. The summed E-state index contributed by atoms with van der Waals surface area (Å²) < 4.78 is 136. The number of guanidine groups is 5. The van der Waals surface area contributed by atoms with Crippen LogP contribution in [-0.2, 0) is 95.4 Å². The third-order valence-electron chi connectivity index (χ3n) is 23.3. The van der Waals surface area contributed by atoms with Crippen molar-refractivity contribution in [2.45, 2.75) is 223 Å². The summed E-state index contributed by atoms with van der Waals surface area (Å²) in [4.78, 5) is 128. The fraction of sp³-hybridized carbons (Fsp3) is 0.523. The molecule has 0 bridgehead atoms. The number of nitrogens with two attached hydrogens (primary N) is 6. The van der Waals surface area contributed by atoms with Gasteiger partial charge in [-0.05, 0) is 218 Å². The number of amides is 9. The van der Waals surface area contributed by atoms with Crippen LogP contribution in [0, 0.1) is 27.0 Å². The number of carbonyl (C=O) groups excluding carboxylic acids is 9. The molecular weight excluding hydrogens is 1890 g/mol. The van der Waals surface area contributed by atoms with Gasteiger partial charge >= 0.3 is 0 Å². The summed E-state index contributed by atoms with van der Waals surface area (Å²) in [6, 6.07) is 5.98. The average molecular weight is 2020 g/mol. The van der Waals surface area contributed by atoms with Crippen molar-refractivity contribution in [3.63, 3.8) is 0 Å². The molecule has 3 aromatic rings. The first-order chi connectivity index (χ1) is 64.9. The van der Waals surface area contributed by atoms with Crippen molar-refractivity contribution in [3.8, 4) is 5.75 Å². The van der Waals surface area contributed by atoms with Crippen molar-refractivity contribution in [1.82, 2.24) is 68.7 Å². The molecule has 0 aromatic heterocycles. The Morgan fingerprint density at radius 2 is 1.04 bits per heavy atom. The van der Waals surface area contributed by atoms with Crippen molar-refractivity contribution >= 4 is 153 Å². The fourth-order valence-corrected chi connectivity index (χ4v) is 19.3. The Morgan fingerprint density at radius 3 is 1.51 bits per heavy atom. The zero-order chi connectivity index (χ0) is 102. The zero-order valence-corrected chi connectivity index (χ0v) is 81.7. The molecule has 2 unspecified atom stereocenters. The number of rotatable bonds is 57. The zero-order valence-electron chi connectivity index (χ0n) is 77.6. The molecule has 52 heteroatoms. The maximum absolute atomic E-state index is 14.7. The molecule has 1 saturated heterocycles. The molecule has 1 fully saturated rings. The van der Waals surface area contributed by atoms with E-state index >= 15 is 0 Å². The summed E-state index contributed by atoms with van der Waals surface area (Å²) in [5.41, 5.74) is 37.0. The second kappa shape index (κ2) is 52.6. The SMILES string of the molecule is CN[C@H](CCCNC(=N)N)C(=O)N[C@H](CCCNC(=N)N)C(=O)N[C@H](CCCNC(=N)N)C(=O)N[C@H](CCCNC(=N)N)C(=O)N[C@H](CCCNC(=N)N)C(=O)N[C@H](CSC1CC(=O)N(CCNC(=O)CCCCCN2/C(=C/C=C3\CCCC(/C=C/C4=[N+](CCCCS(=O)(=O)O)c5ccc(S(=O)[O-])cc5C4(C)C)=C3Oc3ccc(S(=O)(=O)O)cc3)C(C)(C)c3cc(S(=O)(=O)O)ccc32)C1=O)C(N)=O. The highest BCUT2D eigenvalue weighted by Gasteiger charge is 2.46. The molecule has 32 N–H and O–H groups in total. The molecule has 1 aliphatic carbocycles. The fourth-order valence-electron chi connectivity index (χ4n) is 16.2. The van der Waals surface area contributed by atoms with Gasteiger partial charge in [0.25, 0.3) is 30.4 Å². The van der Waals surface area contributed by atoms with E-state index in [1.807, 2.05) is 61.5 Å². The van der Waals surface area contributed by atoms with Crippen LogP contribution in [-0.4, -0.2) is 265 Å². The Morgan fingerprint density at radius 1 is 0.558 bits per heavy atom. The van der Waals surface area contributed by atoms with Gasteiger partial charge in [-0.25, -0.2) is 0 Å². The average Bonchev–Trinajstić information content (AvgIpc) is 1.59. The molecule has 7 rings (SSSR count). The first-order valence-corrected chi connectivity index (χ1v) is 51.5. The number of primary amides is 1. The summed E-state index contributed by atoms with van der Waals surface area (Å²) in [7, 11) is -12.0. The van der Waals surface area contributed by atoms with E-state index < -0.39 is 171 Å². The van der Waals surface area contributed by atoms with Crippen LogP contribution in [0.15, 0.2) is 122 Å². The van der Waals surface area contributed by atoms with E-state index in [1.165, 1.54) is 49.5 Å². The van der Waals surface area contributed by atoms with Crippen molar-refractivity contribution in [2.24, 2.45) is 34.4 Å². The van der Waals surface area contributed by atoms with Crippen LogP contribution in [0.5, 0.6) is 5.75 Å². The topological polar surface area (TPSA) is 795 Å². The molecule has 760 valence electrons. The van der Waals surface area contributed by atoms with Gasteiger partial charge in [0.1, 0.15) is 48.3 Å². The molecule has 8 atom stereocenters. The number of unbranched alkanes of at least 4 members (excludes halogenated alkanes) is 3. The van der Waals surface area contributed by atoms with Gasteiger partial charge in [-0.15, -0.1) is 11.8 Å². The maximum Gasteiger partial charge on any atom is 0.294 e. The standard InChI is InChI=1S/C86H130N26O21S5/c1-85(2)57-47-54(135(122)123)29-33-65(57)111(44-9-10-46-136(124,125)126)68(85)35-25-51-17-11-18-52(72(51)133-53-27-30-55(31-28-53)137(127,128)129)26-36-69-86(3,4)58-48-56(138(130,131)132)32-34-66(58)110(69)43-8-6-7-24-70(113)99-42-45-112-71(114)49-67(79(112)121)134-50-64(73(87)115)109-78(120)63(23-16-41-104-84(96)97)108-77(119)62(22-15-40-103-83(94)95)107-76(118)61(21-14-39-102-82(92)93)106-75(117)60(20-13-38-101-81(90)91)105-74(116)59(98-5)19-12-37-100-80(88)89/h25-36,47-48,59-64,67,98H,6-24,37-46,49-50H2,1-5H3,(H31-,87,88,89,90,91,92,93,94,95,96,97,99,100,101,102,103,104,105,106,107,108,109,113,115,116,117,118,119,120,122,123,124,125,126,127,128,129,130,131,132)/t59-,60-,61-,62-,63-,64-,67?/m1/s1. The number of carbonyl (C=O) groups is 9. The maximum atomic E-state index is 14.7. The summed E-state index contributed by atoms with van der Waals surface area (Å²) in [6.07, 6.45) is 10.9. The minimum absolute atomic E-state index is 0.00374. The Kier molecular flexibility index (Phi) is 43.0. The number of ether oxygens (including phenoxy) is 1. The first kappa shape index (κ1) is 113. The Hall–Kier alpha value is -12.2. The number of anilines is 1. The van der Waals surface area contributed by atoms with Crippen LogP contribution in [0.3, 0.4) is 0 Å². The van der Waals surface area contributed by atoms with Gasteiger partial charge in [-0.2, -0.15) is 29.8 Å². The highest BCUT2D eigenvalue weighted by Crippen LogP contribution is 2.49. The Bertz CT molecular complexity index is 5540. The molecule has 9 amide bonds. The smallest absolute Gasteiger partial charge is 0.294 e. The molecular formula is C86H130N26O21S5. The van der Waals surface area contributed by atoms with Crippen molar-refractivity contribution in [1.29, 1.82) is 27.0 Å². The van der Waals surface area contributed by atoms with E-state index in [9.17, 15) is 90.8 Å². The van der Waals surface area contributed by atoms with E-state index in [0.29, 0.717) is 103 Å². The highest BCUT2D eigenvalue weighted by atomic mass is 32.2. The normalized spacial score (nSPS) is 17.2. The second-order valence-electron chi connectivity index (χ2n) is 34.4. The number of likely N-dealkylation sites (N-methyl/N-ethyl adjacent to an activating group) is 1. The van der Waals surface area contributed by atoms with Crippen LogP contribution in [0.1, 0.15) is 167 Å². The lowest BCUT2D eigenvalue weighted by atomic mass is 9.81. The molecule has 0 radical (unpaired) electrons.